The Labute approximate surface area is 126 Å². The molecule has 2 rings (SSSR count). The van der Waals surface area contributed by atoms with Gasteiger partial charge >= 0.3 is 0 Å². The monoisotopic (exact) mass is 313 g/mol. The van der Waals surface area contributed by atoms with Crippen molar-refractivity contribution in [3.8, 4) is 5.75 Å². The van der Waals surface area contributed by atoms with Gasteiger partial charge in [0.25, 0.3) is 0 Å². The molecule has 1 aliphatic rings. The fourth-order valence-electron chi connectivity index (χ4n) is 2.34. The molecule has 1 aromatic rings. The maximum Gasteiger partial charge on any atom is 0.238 e. The smallest absolute Gasteiger partial charge is 0.238 e. The first-order valence-corrected chi connectivity index (χ1v) is 8.66. The Morgan fingerprint density at radius 1 is 1.14 bits per heavy atom. The van der Waals surface area contributed by atoms with Gasteiger partial charge in [-0.15, -0.1) is 0 Å². The lowest BCUT2D eigenvalue weighted by atomic mass is 10.3. The predicted octanol–water partition coefficient (Wildman–Crippen LogP) is 0.350. The van der Waals surface area contributed by atoms with Crippen molar-refractivity contribution in [2.75, 3.05) is 46.4 Å². The number of sulfonamides is 1. The van der Waals surface area contributed by atoms with E-state index in [0.717, 1.165) is 32.7 Å². The maximum absolute atomic E-state index is 11.2. The molecule has 0 aliphatic carbocycles. The highest BCUT2D eigenvalue weighted by molar-refractivity contribution is 7.89. The molecule has 0 aromatic heterocycles. The minimum atomic E-state index is -3.63. The molecule has 1 aromatic carbocycles. The number of nitrogens with zero attached hydrogens (tertiary/aromatic N) is 2. The second kappa shape index (κ2) is 7.22. The summed E-state index contributed by atoms with van der Waals surface area (Å²) in [7, 11) is -1.49. The van der Waals surface area contributed by atoms with Gasteiger partial charge in [0.1, 0.15) is 12.4 Å². The highest BCUT2D eigenvalue weighted by atomic mass is 32.2. The number of primary sulfonamides is 1. The van der Waals surface area contributed by atoms with Gasteiger partial charge in [-0.3, -0.25) is 4.90 Å². The minimum Gasteiger partial charge on any atom is -0.492 e. The number of rotatable bonds is 5. The highest BCUT2D eigenvalue weighted by Gasteiger charge is 2.12. The second-order valence-electron chi connectivity index (χ2n) is 5.36. The summed E-state index contributed by atoms with van der Waals surface area (Å²) in [4.78, 5) is 4.83. The molecule has 7 heteroatoms. The molecule has 6 nitrogen and oxygen atoms in total. The van der Waals surface area contributed by atoms with Gasteiger partial charge in [-0.1, -0.05) is 0 Å². The molecule has 118 valence electrons. The molecule has 1 aliphatic heterocycles. The van der Waals surface area contributed by atoms with Crippen LogP contribution in [-0.2, 0) is 10.0 Å². The van der Waals surface area contributed by atoms with Crippen molar-refractivity contribution >= 4 is 10.0 Å². The lowest BCUT2D eigenvalue weighted by Gasteiger charge is -2.20. The van der Waals surface area contributed by atoms with Crippen LogP contribution in [0, 0.1) is 0 Å². The fraction of sp³-hybridized carbons (Fsp3) is 0.571. The van der Waals surface area contributed by atoms with E-state index in [-0.39, 0.29) is 4.90 Å². The molecule has 1 fully saturated rings. The zero-order chi connectivity index (χ0) is 15.3. The summed E-state index contributed by atoms with van der Waals surface area (Å²) >= 11 is 0. The second-order valence-corrected chi connectivity index (χ2v) is 6.92. The van der Waals surface area contributed by atoms with Gasteiger partial charge in [0.15, 0.2) is 0 Å². The van der Waals surface area contributed by atoms with E-state index in [9.17, 15) is 8.42 Å². The van der Waals surface area contributed by atoms with Crippen LogP contribution < -0.4 is 9.88 Å². The predicted molar refractivity (Wildman–Crippen MR) is 81.9 cm³/mol. The van der Waals surface area contributed by atoms with Crippen molar-refractivity contribution < 1.29 is 13.2 Å². The van der Waals surface area contributed by atoms with E-state index < -0.39 is 10.0 Å². The molecular weight excluding hydrogens is 290 g/mol. The number of benzene rings is 1. The minimum absolute atomic E-state index is 0.102. The third-order valence-electron chi connectivity index (χ3n) is 3.64. The van der Waals surface area contributed by atoms with Crippen LogP contribution in [0.4, 0.5) is 0 Å². The van der Waals surface area contributed by atoms with E-state index in [1.165, 1.54) is 18.6 Å². The van der Waals surface area contributed by atoms with Gasteiger partial charge in [0.2, 0.25) is 10.0 Å². The standard InChI is InChI=1S/C14H23N3O3S/c1-16-7-2-8-17(10-9-16)11-12-20-13-3-5-14(6-4-13)21(15,18)19/h3-6H,2,7-12H2,1H3,(H2,15,18,19). The Morgan fingerprint density at radius 3 is 2.52 bits per heavy atom. The van der Waals surface area contributed by atoms with Gasteiger partial charge in [-0.2, -0.15) is 0 Å². The summed E-state index contributed by atoms with van der Waals surface area (Å²) in [5.41, 5.74) is 0. The first kappa shape index (κ1) is 16.2. The number of ether oxygens (including phenoxy) is 1. The number of hydrogen-bond acceptors (Lipinski definition) is 5. The third kappa shape index (κ3) is 5.28. The summed E-state index contributed by atoms with van der Waals surface area (Å²) in [6.45, 7) is 5.86. The molecule has 0 unspecified atom stereocenters. The first-order chi connectivity index (χ1) is 9.95. The van der Waals surface area contributed by atoms with Crippen LogP contribution in [0.5, 0.6) is 5.75 Å². The third-order valence-corrected chi connectivity index (χ3v) is 4.57. The SMILES string of the molecule is CN1CCCN(CCOc2ccc(S(N)(=O)=O)cc2)CC1. The van der Waals surface area contributed by atoms with Crippen molar-refractivity contribution in [1.29, 1.82) is 0 Å². The van der Waals surface area contributed by atoms with E-state index in [1.54, 1.807) is 12.1 Å². The number of hydrogen-bond donors (Lipinski definition) is 1. The van der Waals surface area contributed by atoms with Crippen molar-refractivity contribution in [2.45, 2.75) is 11.3 Å². The normalized spacial score (nSPS) is 18.4. The van der Waals surface area contributed by atoms with E-state index in [2.05, 4.69) is 16.8 Å². The quantitative estimate of drug-likeness (QED) is 0.849. The van der Waals surface area contributed by atoms with Crippen LogP contribution in [0.15, 0.2) is 29.2 Å². The van der Waals surface area contributed by atoms with Gasteiger partial charge in [-0.25, -0.2) is 13.6 Å². The highest BCUT2D eigenvalue weighted by Crippen LogP contribution is 2.14. The molecule has 1 heterocycles. The zero-order valence-corrected chi connectivity index (χ0v) is 13.2. The summed E-state index contributed by atoms with van der Waals surface area (Å²) in [5.74, 6) is 0.661. The van der Waals surface area contributed by atoms with Crippen LogP contribution in [0.2, 0.25) is 0 Å². The van der Waals surface area contributed by atoms with E-state index in [1.807, 2.05) is 0 Å². The lowest BCUT2D eigenvalue weighted by Crippen LogP contribution is -2.32. The van der Waals surface area contributed by atoms with Crippen LogP contribution in [0.1, 0.15) is 6.42 Å². The average molecular weight is 313 g/mol. The molecule has 1 saturated heterocycles. The molecule has 0 radical (unpaired) electrons. The maximum atomic E-state index is 11.2. The van der Waals surface area contributed by atoms with E-state index >= 15 is 0 Å². The molecule has 0 saturated carbocycles. The van der Waals surface area contributed by atoms with E-state index in [0.29, 0.717) is 12.4 Å². The molecular formula is C14H23N3O3S. The Balaban J connectivity index is 1.78. The molecule has 0 atom stereocenters. The van der Waals surface area contributed by atoms with Gasteiger partial charge in [0, 0.05) is 19.6 Å². The summed E-state index contributed by atoms with van der Waals surface area (Å²) < 4.78 is 28.0. The Hall–Kier alpha value is -1.15. The van der Waals surface area contributed by atoms with Crippen LogP contribution in [-0.4, -0.2) is 64.6 Å². The summed E-state index contributed by atoms with van der Waals surface area (Å²) in [5, 5.41) is 5.05. The van der Waals surface area contributed by atoms with Crippen molar-refractivity contribution in [3.63, 3.8) is 0 Å². The Bertz CT molecular complexity index is 545. The molecule has 2 N–H and O–H groups in total. The molecule has 0 spiro atoms. The number of likely N-dealkylation sites (N-methyl/N-ethyl adjacent to an activating group) is 1. The topological polar surface area (TPSA) is 75.9 Å². The van der Waals surface area contributed by atoms with Crippen molar-refractivity contribution in [1.82, 2.24) is 9.80 Å². The average Bonchev–Trinajstić information content (AvgIpc) is 2.63. The molecule has 0 amide bonds. The lowest BCUT2D eigenvalue weighted by molar-refractivity contribution is 0.212. The largest absolute Gasteiger partial charge is 0.492 e. The summed E-state index contributed by atoms with van der Waals surface area (Å²) in [6, 6.07) is 6.20. The van der Waals surface area contributed by atoms with Crippen LogP contribution in [0.25, 0.3) is 0 Å². The van der Waals surface area contributed by atoms with Gasteiger partial charge < -0.3 is 9.64 Å². The fourth-order valence-corrected chi connectivity index (χ4v) is 2.86. The van der Waals surface area contributed by atoms with Gasteiger partial charge in [-0.05, 0) is 50.8 Å². The van der Waals surface area contributed by atoms with Crippen LogP contribution in [0.3, 0.4) is 0 Å². The van der Waals surface area contributed by atoms with Gasteiger partial charge in [0.05, 0.1) is 4.90 Å². The van der Waals surface area contributed by atoms with E-state index in [4.69, 9.17) is 9.88 Å². The van der Waals surface area contributed by atoms with Crippen molar-refractivity contribution in [3.05, 3.63) is 24.3 Å². The molecule has 21 heavy (non-hydrogen) atoms. The first-order valence-electron chi connectivity index (χ1n) is 7.12. The van der Waals surface area contributed by atoms with Crippen LogP contribution >= 0.6 is 0 Å². The molecule has 0 bridgehead atoms. The zero-order valence-electron chi connectivity index (χ0n) is 12.4. The Morgan fingerprint density at radius 2 is 1.86 bits per heavy atom. The Kier molecular flexibility index (Phi) is 5.58. The number of nitrogens with two attached hydrogens (primary N) is 1. The van der Waals surface area contributed by atoms with Crippen molar-refractivity contribution in [2.24, 2.45) is 5.14 Å². The summed E-state index contributed by atoms with van der Waals surface area (Å²) in [6.07, 6.45) is 1.18.